The highest BCUT2D eigenvalue weighted by atomic mass is 16.5. The molecule has 0 amide bonds. The van der Waals surface area contributed by atoms with Gasteiger partial charge in [0.05, 0.1) is 25.3 Å². The van der Waals surface area contributed by atoms with E-state index in [0.29, 0.717) is 47.1 Å². The molecule has 2 N–H and O–H groups in total. The SMILES string of the molecule is C1CCCCC1.CCCCc1[nH]c(=O)c(-c2nnc(CC)o2)c(O)c1-c1c(OC)cccc1OC. The van der Waals surface area contributed by atoms with Crippen LogP contribution in [0.25, 0.3) is 22.6 Å². The Kier molecular flexibility index (Phi) is 9.76. The number of unbranched alkanes of at least 4 members (excludes halogenated alkanes) is 1. The van der Waals surface area contributed by atoms with Crippen LogP contribution in [0.3, 0.4) is 0 Å². The number of hydrogen-bond acceptors (Lipinski definition) is 7. The molecule has 0 aliphatic heterocycles. The molecule has 190 valence electrons. The van der Waals surface area contributed by atoms with Gasteiger partial charge in [-0.25, -0.2) is 0 Å². The van der Waals surface area contributed by atoms with Crippen molar-refractivity contribution in [2.24, 2.45) is 0 Å². The molecule has 0 atom stereocenters. The van der Waals surface area contributed by atoms with Gasteiger partial charge in [0, 0.05) is 12.1 Å². The van der Waals surface area contributed by atoms with E-state index in [4.69, 9.17) is 13.9 Å². The summed E-state index contributed by atoms with van der Waals surface area (Å²) < 4.78 is 16.6. The molecule has 1 aliphatic carbocycles. The average molecular weight is 484 g/mol. The maximum Gasteiger partial charge on any atom is 0.264 e. The lowest BCUT2D eigenvalue weighted by atomic mass is 9.96. The maximum absolute atomic E-state index is 12.8. The molecule has 0 spiro atoms. The Balaban J connectivity index is 0.000000497. The quantitative estimate of drug-likeness (QED) is 0.400. The van der Waals surface area contributed by atoms with Gasteiger partial charge in [-0.1, -0.05) is 64.9 Å². The van der Waals surface area contributed by atoms with Crippen molar-refractivity contribution in [2.45, 2.75) is 78.1 Å². The third-order valence-electron chi connectivity index (χ3n) is 6.21. The second-order valence-electron chi connectivity index (χ2n) is 8.65. The Hall–Kier alpha value is -3.29. The van der Waals surface area contributed by atoms with Gasteiger partial charge in [0.25, 0.3) is 11.4 Å². The molecule has 2 heterocycles. The summed E-state index contributed by atoms with van der Waals surface area (Å²) in [4.78, 5) is 15.7. The van der Waals surface area contributed by atoms with E-state index in [1.165, 1.54) is 38.5 Å². The van der Waals surface area contributed by atoms with E-state index < -0.39 is 5.56 Å². The summed E-state index contributed by atoms with van der Waals surface area (Å²) in [6.45, 7) is 3.92. The Bertz CT molecular complexity index is 1110. The van der Waals surface area contributed by atoms with E-state index in [0.717, 1.165) is 12.8 Å². The minimum Gasteiger partial charge on any atom is -0.506 e. The highest BCUT2D eigenvalue weighted by Gasteiger charge is 2.27. The molecule has 1 fully saturated rings. The van der Waals surface area contributed by atoms with E-state index in [1.807, 2.05) is 6.92 Å². The van der Waals surface area contributed by atoms with Gasteiger partial charge < -0.3 is 24.0 Å². The Morgan fingerprint density at radius 1 is 0.943 bits per heavy atom. The first-order chi connectivity index (χ1) is 17.0. The van der Waals surface area contributed by atoms with Crippen LogP contribution in [0, 0.1) is 0 Å². The second-order valence-corrected chi connectivity index (χ2v) is 8.65. The number of methoxy groups -OCH3 is 2. The van der Waals surface area contributed by atoms with Crippen molar-refractivity contribution in [3.63, 3.8) is 0 Å². The minimum atomic E-state index is -0.488. The fraction of sp³-hybridized carbons (Fsp3) is 0.519. The number of nitrogens with one attached hydrogen (secondary N) is 1. The first kappa shape index (κ1) is 26.3. The van der Waals surface area contributed by atoms with E-state index in [9.17, 15) is 9.90 Å². The maximum atomic E-state index is 12.8. The van der Waals surface area contributed by atoms with Gasteiger partial charge in [0.15, 0.2) is 0 Å². The van der Waals surface area contributed by atoms with Gasteiger partial charge in [-0.15, -0.1) is 10.2 Å². The van der Waals surface area contributed by atoms with Crippen molar-refractivity contribution in [2.75, 3.05) is 14.2 Å². The molecule has 3 aromatic rings. The standard InChI is InChI=1S/C21H25N3O5.C6H12/c1-5-7-9-12-16(17-13(27-3)10-8-11-14(17)28-4)19(25)18(20(26)22-12)21-24-23-15(6-2)29-21;1-2-4-6-5-3-1/h8,10-11H,5-7,9H2,1-4H3,(H2,22,25,26);1-6H2. The van der Waals surface area contributed by atoms with Crippen LogP contribution < -0.4 is 15.0 Å². The zero-order valence-electron chi connectivity index (χ0n) is 21.3. The number of benzene rings is 1. The lowest BCUT2D eigenvalue weighted by Gasteiger charge is -2.18. The molecule has 8 heteroatoms. The number of aromatic hydroxyl groups is 1. The van der Waals surface area contributed by atoms with E-state index in [-0.39, 0.29) is 17.2 Å². The lowest BCUT2D eigenvalue weighted by molar-refractivity contribution is 0.396. The van der Waals surface area contributed by atoms with E-state index >= 15 is 0 Å². The number of nitrogens with zero attached hydrogens (tertiary/aromatic N) is 2. The summed E-state index contributed by atoms with van der Waals surface area (Å²) in [7, 11) is 3.08. The van der Waals surface area contributed by atoms with Gasteiger partial charge in [-0.05, 0) is 25.0 Å². The Morgan fingerprint density at radius 2 is 1.54 bits per heavy atom. The van der Waals surface area contributed by atoms with Gasteiger partial charge >= 0.3 is 0 Å². The topological polar surface area (TPSA) is 110 Å². The molecule has 8 nitrogen and oxygen atoms in total. The van der Waals surface area contributed by atoms with Crippen LogP contribution in [-0.4, -0.2) is 34.5 Å². The summed E-state index contributed by atoms with van der Waals surface area (Å²) >= 11 is 0. The van der Waals surface area contributed by atoms with Gasteiger partial charge in [0.2, 0.25) is 5.89 Å². The summed E-state index contributed by atoms with van der Waals surface area (Å²) in [6, 6.07) is 5.34. The van der Waals surface area contributed by atoms with Crippen molar-refractivity contribution < 1.29 is 19.0 Å². The van der Waals surface area contributed by atoms with Crippen LogP contribution in [0.1, 0.15) is 76.8 Å². The number of H-pyrrole nitrogens is 1. The fourth-order valence-corrected chi connectivity index (χ4v) is 4.30. The Morgan fingerprint density at radius 3 is 2.03 bits per heavy atom. The summed E-state index contributed by atoms with van der Waals surface area (Å²) in [5, 5.41) is 19.1. The van der Waals surface area contributed by atoms with Crippen LogP contribution in [0.5, 0.6) is 17.2 Å². The van der Waals surface area contributed by atoms with Crippen molar-refractivity contribution in [3.8, 4) is 39.8 Å². The predicted octanol–water partition coefficient (Wildman–Crippen LogP) is 6.06. The summed E-state index contributed by atoms with van der Waals surface area (Å²) in [5.74, 6) is 1.13. The third kappa shape index (κ3) is 6.24. The van der Waals surface area contributed by atoms with Crippen LogP contribution in [0.15, 0.2) is 27.4 Å². The van der Waals surface area contributed by atoms with Crippen molar-refractivity contribution >= 4 is 0 Å². The zero-order chi connectivity index (χ0) is 25.2. The number of aromatic nitrogens is 3. The first-order valence-electron chi connectivity index (χ1n) is 12.6. The van der Waals surface area contributed by atoms with Crippen LogP contribution in [0.2, 0.25) is 0 Å². The molecule has 1 aliphatic rings. The van der Waals surface area contributed by atoms with Crippen LogP contribution in [0.4, 0.5) is 0 Å². The van der Waals surface area contributed by atoms with E-state index in [1.54, 1.807) is 32.4 Å². The molecule has 1 aromatic carbocycles. The third-order valence-corrected chi connectivity index (χ3v) is 6.21. The summed E-state index contributed by atoms with van der Waals surface area (Å²) in [6.07, 6.45) is 11.9. The van der Waals surface area contributed by atoms with Gasteiger partial charge in [-0.3, -0.25) is 4.79 Å². The molecule has 0 saturated heterocycles. The number of hydrogen-bond donors (Lipinski definition) is 2. The van der Waals surface area contributed by atoms with Crippen LogP contribution >= 0.6 is 0 Å². The largest absolute Gasteiger partial charge is 0.506 e. The lowest BCUT2D eigenvalue weighted by Crippen LogP contribution is -2.14. The van der Waals surface area contributed by atoms with Gasteiger partial charge in [0.1, 0.15) is 22.8 Å². The average Bonchev–Trinajstić information content (AvgIpc) is 3.37. The number of aryl methyl sites for hydroxylation is 2. The van der Waals surface area contributed by atoms with Crippen molar-refractivity contribution in [1.29, 1.82) is 0 Å². The number of pyridine rings is 1. The molecule has 2 aromatic heterocycles. The van der Waals surface area contributed by atoms with Crippen molar-refractivity contribution in [1.82, 2.24) is 15.2 Å². The van der Waals surface area contributed by atoms with Crippen molar-refractivity contribution in [3.05, 3.63) is 40.1 Å². The number of aromatic amines is 1. The monoisotopic (exact) mass is 483 g/mol. The molecule has 0 bridgehead atoms. The summed E-state index contributed by atoms with van der Waals surface area (Å²) in [5.41, 5.74) is 1.02. The first-order valence-corrected chi connectivity index (χ1v) is 12.6. The normalized spacial score (nSPS) is 13.1. The molecule has 1 saturated carbocycles. The van der Waals surface area contributed by atoms with Crippen LogP contribution in [-0.2, 0) is 12.8 Å². The molecular weight excluding hydrogens is 446 g/mol. The smallest absolute Gasteiger partial charge is 0.264 e. The zero-order valence-corrected chi connectivity index (χ0v) is 21.3. The number of ether oxygens (including phenoxy) is 2. The second kappa shape index (κ2) is 13.0. The minimum absolute atomic E-state index is 0.0299. The molecular formula is C27H37N3O5. The highest BCUT2D eigenvalue weighted by Crippen LogP contribution is 2.46. The fourth-order valence-electron chi connectivity index (χ4n) is 4.30. The van der Waals surface area contributed by atoms with E-state index in [2.05, 4.69) is 22.1 Å². The molecule has 0 unspecified atom stereocenters. The Labute approximate surface area is 206 Å². The number of rotatable bonds is 8. The molecule has 35 heavy (non-hydrogen) atoms. The highest BCUT2D eigenvalue weighted by molar-refractivity contribution is 5.86. The molecule has 0 radical (unpaired) electrons. The molecule has 4 rings (SSSR count). The van der Waals surface area contributed by atoms with Gasteiger partial charge in [-0.2, -0.15) is 0 Å². The predicted molar refractivity (Wildman–Crippen MR) is 136 cm³/mol.